The summed E-state index contributed by atoms with van der Waals surface area (Å²) < 4.78 is 26.3. The number of sulfonamides is 1. The number of hydrogen-bond donors (Lipinski definition) is 1. The van der Waals surface area contributed by atoms with Gasteiger partial charge in [0.15, 0.2) is 0 Å². The second-order valence-electron chi connectivity index (χ2n) is 8.18. The van der Waals surface area contributed by atoms with Crippen molar-refractivity contribution in [2.75, 3.05) is 24.2 Å². The van der Waals surface area contributed by atoms with Crippen LogP contribution in [-0.2, 0) is 32.6 Å². The van der Waals surface area contributed by atoms with E-state index in [0.29, 0.717) is 21.3 Å². The minimum atomic E-state index is -3.80. The number of amides is 2. The maximum atomic E-state index is 13.8. The maximum absolute atomic E-state index is 13.8. The minimum absolute atomic E-state index is 0.0217. The van der Waals surface area contributed by atoms with Crippen LogP contribution in [0, 0.1) is 0 Å². The number of para-hydroxylation sites is 1. The third-order valence-electron chi connectivity index (χ3n) is 5.60. The van der Waals surface area contributed by atoms with Crippen LogP contribution >= 0.6 is 23.2 Å². The zero-order valence-corrected chi connectivity index (χ0v) is 22.2. The van der Waals surface area contributed by atoms with Gasteiger partial charge in [-0.25, -0.2) is 8.42 Å². The van der Waals surface area contributed by atoms with Gasteiger partial charge in [0, 0.05) is 30.1 Å². The Morgan fingerprint density at radius 1 is 0.944 bits per heavy atom. The Morgan fingerprint density at radius 2 is 1.56 bits per heavy atom. The summed E-state index contributed by atoms with van der Waals surface area (Å²) in [4.78, 5) is 28.2. The molecule has 3 rings (SSSR count). The van der Waals surface area contributed by atoms with Crippen LogP contribution in [0.4, 0.5) is 5.69 Å². The van der Waals surface area contributed by atoms with Crippen LogP contribution in [0.2, 0.25) is 10.0 Å². The van der Waals surface area contributed by atoms with Gasteiger partial charge in [-0.1, -0.05) is 77.8 Å². The largest absolute Gasteiger partial charge is 0.357 e. The smallest absolute Gasteiger partial charge is 0.244 e. The maximum Gasteiger partial charge on any atom is 0.244 e. The van der Waals surface area contributed by atoms with Crippen molar-refractivity contribution in [3.8, 4) is 0 Å². The SMILES string of the molecule is CNC(=O)[C@@H](Cc1ccccc1)N(Cc1ccc(Cl)cc1Cl)C(=O)CN(c1ccccc1)S(C)(=O)=O. The molecule has 0 saturated heterocycles. The van der Waals surface area contributed by atoms with Gasteiger partial charge in [0.05, 0.1) is 11.9 Å². The monoisotopic (exact) mass is 547 g/mol. The zero-order chi connectivity index (χ0) is 26.3. The molecule has 2 amide bonds. The topological polar surface area (TPSA) is 86.8 Å². The first kappa shape index (κ1) is 27.5. The van der Waals surface area contributed by atoms with Crippen LogP contribution in [-0.4, -0.2) is 51.0 Å². The molecule has 1 atom stereocenters. The van der Waals surface area contributed by atoms with Crippen LogP contribution in [0.1, 0.15) is 11.1 Å². The van der Waals surface area contributed by atoms with E-state index in [1.54, 1.807) is 48.5 Å². The average molecular weight is 548 g/mol. The van der Waals surface area contributed by atoms with E-state index in [0.717, 1.165) is 16.1 Å². The number of nitrogens with one attached hydrogen (secondary N) is 1. The molecule has 0 aliphatic heterocycles. The number of anilines is 1. The van der Waals surface area contributed by atoms with Crippen molar-refractivity contribution in [1.82, 2.24) is 10.2 Å². The van der Waals surface area contributed by atoms with Crippen molar-refractivity contribution in [1.29, 1.82) is 0 Å². The van der Waals surface area contributed by atoms with E-state index in [1.165, 1.54) is 11.9 Å². The third kappa shape index (κ3) is 7.22. The first-order valence-corrected chi connectivity index (χ1v) is 13.7. The van der Waals surface area contributed by atoms with Crippen LogP contribution in [0.15, 0.2) is 78.9 Å². The molecular weight excluding hydrogens is 521 g/mol. The van der Waals surface area contributed by atoms with Gasteiger partial charge < -0.3 is 10.2 Å². The number of benzene rings is 3. The van der Waals surface area contributed by atoms with Gasteiger partial charge in [-0.15, -0.1) is 0 Å². The van der Waals surface area contributed by atoms with Gasteiger partial charge in [-0.2, -0.15) is 0 Å². The lowest BCUT2D eigenvalue weighted by Crippen LogP contribution is -2.52. The van der Waals surface area contributed by atoms with Gasteiger partial charge in [-0.3, -0.25) is 13.9 Å². The Hall–Kier alpha value is -3.07. The van der Waals surface area contributed by atoms with Gasteiger partial charge in [-0.05, 0) is 35.4 Å². The molecule has 0 saturated carbocycles. The Bertz CT molecular complexity index is 1310. The highest BCUT2D eigenvalue weighted by molar-refractivity contribution is 7.92. The summed E-state index contributed by atoms with van der Waals surface area (Å²) in [5, 5.41) is 3.39. The summed E-state index contributed by atoms with van der Waals surface area (Å²) >= 11 is 12.4. The van der Waals surface area contributed by atoms with Gasteiger partial charge in [0.1, 0.15) is 12.6 Å². The second-order valence-corrected chi connectivity index (χ2v) is 10.9. The molecular formula is C26H27Cl2N3O4S. The molecule has 0 fully saturated rings. The lowest BCUT2D eigenvalue weighted by Gasteiger charge is -2.33. The van der Waals surface area contributed by atoms with Gasteiger partial charge in [0.2, 0.25) is 21.8 Å². The van der Waals surface area contributed by atoms with Crippen molar-refractivity contribution >= 4 is 50.7 Å². The van der Waals surface area contributed by atoms with E-state index < -0.39 is 28.5 Å². The Morgan fingerprint density at radius 3 is 2.11 bits per heavy atom. The fourth-order valence-corrected chi connectivity index (χ4v) is 5.08. The van der Waals surface area contributed by atoms with E-state index in [4.69, 9.17) is 23.2 Å². The molecule has 7 nitrogen and oxygen atoms in total. The molecule has 0 aromatic heterocycles. The van der Waals surface area contributed by atoms with E-state index in [9.17, 15) is 18.0 Å². The number of likely N-dealkylation sites (N-methyl/N-ethyl adjacent to an activating group) is 1. The number of halogens is 2. The standard InChI is InChI=1S/C26H27Cl2N3O4S/c1-29-26(33)24(15-19-9-5-3-6-10-19)30(17-20-13-14-21(27)16-23(20)28)25(32)18-31(36(2,34)35)22-11-7-4-8-12-22/h3-14,16,24H,15,17-18H2,1-2H3,(H,29,33)/t24-/m1/s1. The predicted molar refractivity (Wildman–Crippen MR) is 144 cm³/mol. The Balaban J connectivity index is 2.04. The van der Waals surface area contributed by atoms with Crippen LogP contribution in [0.3, 0.4) is 0 Å². The van der Waals surface area contributed by atoms with Crippen molar-refractivity contribution in [2.45, 2.75) is 19.0 Å². The number of carbonyl (C=O) groups excluding carboxylic acids is 2. The highest BCUT2D eigenvalue weighted by atomic mass is 35.5. The lowest BCUT2D eigenvalue weighted by molar-refractivity contribution is -0.139. The second kappa shape index (κ2) is 12.3. The molecule has 0 heterocycles. The van der Waals surface area contributed by atoms with Crippen molar-refractivity contribution in [3.63, 3.8) is 0 Å². The normalized spacial score (nSPS) is 12.0. The van der Waals surface area contributed by atoms with E-state index in [-0.39, 0.29) is 18.9 Å². The predicted octanol–water partition coefficient (Wildman–Crippen LogP) is 4.15. The van der Waals surface area contributed by atoms with Crippen molar-refractivity contribution in [2.24, 2.45) is 0 Å². The fraction of sp³-hybridized carbons (Fsp3) is 0.231. The molecule has 0 bridgehead atoms. The van der Waals surface area contributed by atoms with Crippen LogP contribution in [0.5, 0.6) is 0 Å². The summed E-state index contributed by atoms with van der Waals surface area (Å²) in [7, 11) is -2.31. The number of hydrogen-bond acceptors (Lipinski definition) is 4. The number of carbonyl (C=O) groups is 2. The molecule has 36 heavy (non-hydrogen) atoms. The molecule has 1 N–H and O–H groups in total. The third-order valence-corrected chi connectivity index (χ3v) is 7.32. The number of nitrogens with zero attached hydrogens (tertiary/aromatic N) is 2. The van der Waals surface area contributed by atoms with Crippen LogP contribution in [0.25, 0.3) is 0 Å². The minimum Gasteiger partial charge on any atom is -0.357 e. The molecule has 0 aliphatic carbocycles. The highest BCUT2D eigenvalue weighted by Gasteiger charge is 2.32. The van der Waals surface area contributed by atoms with Crippen molar-refractivity contribution in [3.05, 3.63) is 100 Å². The van der Waals surface area contributed by atoms with E-state index in [2.05, 4.69) is 5.32 Å². The zero-order valence-electron chi connectivity index (χ0n) is 19.9. The average Bonchev–Trinajstić information content (AvgIpc) is 2.85. The molecule has 10 heteroatoms. The molecule has 0 spiro atoms. The Labute approximate surface area is 221 Å². The fourth-order valence-electron chi connectivity index (χ4n) is 3.76. The van der Waals surface area contributed by atoms with Crippen molar-refractivity contribution < 1.29 is 18.0 Å². The Kier molecular flexibility index (Phi) is 9.37. The summed E-state index contributed by atoms with van der Waals surface area (Å²) in [6.07, 6.45) is 1.26. The summed E-state index contributed by atoms with van der Waals surface area (Å²) in [5.74, 6) is -0.942. The van der Waals surface area contributed by atoms with Gasteiger partial charge in [0.25, 0.3) is 0 Å². The first-order chi connectivity index (χ1) is 17.1. The molecule has 3 aromatic rings. The number of rotatable bonds is 10. The summed E-state index contributed by atoms with van der Waals surface area (Å²) in [5.41, 5.74) is 1.76. The first-order valence-electron chi connectivity index (χ1n) is 11.1. The van der Waals surface area contributed by atoms with E-state index in [1.807, 2.05) is 30.3 Å². The lowest BCUT2D eigenvalue weighted by atomic mass is 10.0. The van der Waals surface area contributed by atoms with Crippen LogP contribution < -0.4 is 9.62 Å². The highest BCUT2D eigenvalue weighted by Crippen LogP contribution is 2.25. The molecule has 3 aromatic carbocycles. The van der Waals surface area contributed by atoms with Gasteiger partial charge >= 0.3 is 0 Å². The van der Waals surface area contributed by atoms with E-state index >= 15 is 0 Å². The summed E-state index contributed by atoms with van der Waals surface area (Å²) in [6, 6.07) is 21.6. The molecule has 190 valence electrons. The molecule has 0 radical (unpaired) electrons. The summed E-state index contributed by atoms with van der Waals surface area (Å²) in [6.45, 7) is -0.511. The molecule has 0 unspecified atom stereocenters. The quantitative estimate of drug-likeness (QED) is 0.413. The molecule has 0 aliphatic rings.